The van der Waals surface area contributed by atoms with Crippen molar-refractivity contribution in [3.05, 3.63) is 47.0 Å². The molecule has 1 amide bonds. The number of amides is 1. The van der Waals surface area contributed by atoms with Gasteiger partial charge in [-0.1, -0.05) is 62.2 Å². The van der Waals surface area contributed by atoms with Crippen LogP contribution in [-0.4, -0.2) is 46.5 Å². The van der Waals surface area contributed by atoms with E-state index < -0.39 is 0 Å². The SMILES string of the molecule is CC1=C2C[C@H]3[C@@H](CC[C@@H]4C[C@H](O)CC[C@@]43C)[C@@H]2CC[C@@]2(C1)O[C@@H]1C[C@H](C)CN(C(=O)OCc3ccccc3)[C@H]1[C@H]2C. The maximum Gasteiger partial charge on any atom is 0.410 e. The van der Waals surface area contributed by atoms with Gasteiger partial charge in [0.2, 0.25) is 0 Å². The average Bonchev–Trinajstić information content (AvgIpc) is 3.42. The molecule has 5 nitrogen and oxygen atoms in total. The maximum atomic E-state index is 13.5. The van der Waals surface area contributed by atoms with Gasteiger partial charge in [0.1, 0.15) is 6.61 Å². The number of carbonyl (C=O) groups is 1. The standard InChI is InChI=1S/C36H51NO4/c1-22-16-32-33(37(20-22)34(39)40-21-25-8-6-5-7-9-25)24(3)36(41-32)15-13-28-29-11-10-26-17-27(38)12-14-35(26,4)31(29)18-30(28)23(2)19-36/h5-9,22,24,26-29,31-33,38H,10-21H2,1-4H3/t22-,24+,26+,27+,28-,29-,31-,32+,33-,35-,36-/m0/s1. The van der Waals surface area contributed by atoms with E-state index in [2.05, 4.69) is 27.7 Å². The highest BCUT2D eigenvalue weighted by Crippen LogP contribution is 2.65. The summed E-state index contributed by atoms with van der Waals surface area (Å²) in [4.78, 5) is 15.5. The summed E-state index contributed by atoms with van der Waals surface area (Å²) in [5.41, 5.74) is 4.56. The largest absolute Gasteiger partial charge is 0.445 e. The van der Waals surface area contributed by atoms with E-state index in [9.17, 15) is 9.90 Å². The summed E-state index contributed by atoms with van der Waals surface area (Å²) in [6.07, 6.45) is 11.2. The van der Waals surface area contributed by atoms with Crippen molar-refractivity contribution in [2.75, 3.05) is 6.54 Å². The molecular weight excluding hydrogens is 510 g/mol. The van der Waals surface area contributed by atoms with Crippen LogP contribution in [0.1, 0.15) is 97.5 Å². The van der Waals surface area contributed by atoms with E-state index in [0.717, 1.165) is 56.0 Å². The molecular formula is C36H51NO4. The van der Waals surface area contributed by atoms with Crippen molar-refractivity contribution in [3.63, 3.8) is 0 Å². The van der Waals surface area contributed by atoms with Crippen LogP contribution in [0.15, 0.2) is 41.5 Å². The average molecular weight is 562 g/mol. The van der Waals surface area contributed by atoms with E-state index in [-0.39, 0.29) is 35.9 Å². The highest BCUT2D eigenvalue weighted by atomic mass is 16.6. The van der Waals surface area contributed by atoms with Gasteiger partial charge in [-0.05, 0) is 112 Å². The Balaban J connectivity index is 1.11. The summed E-state index contributed by atoms with van der Waals surface area (Å²) in [7, 11) is 0. The molecule has 1 aromatic rings. The quantitative estimate of drug-likeness (QED) is 0.380. The summed E-state index contributed by atoms with van der Waals surface area (Å²) < 4.78 is 13.1. The Kier molecular flexibility index (Phi) is 7.09. The molecule has 0 radical (unpaired) electrons. The molecule has 224 valence electrons. The molecule has 2 saturated heterocycles. The van der Waals surface area contributed by atoms with Gasteiger partial charge in [0.15, 0.2) is 0 Å². The zero-order valence-electron chi connectivity index (χ0n) is 25.7. The number of nitrogens with zero attached hydrogens (tertiary/aromatic N) is 1. The first-order valence-electron chi connectivity index (χ1n) is 16.7. The van der Waals surface area contributed by atoms with Gasteiger partial charge in [0, 0.05) is 12.5 Å². The highest BCUT2D eigenvalue weighted by molar-refractivity contribution is 5.68. The summed E-state index contributed by atoms with van der Waals surface area (Å²) in [6.45, 7) is 10.7. The molecule has 0 bridgehead atoms. The molecule has 2 aliphatic heterocycles. The smallest absolute Gasteiger partial charge is 0.410 e. The summed E-state index contributed by atoms with van der Waals surface area (Å²) in [5.74, 6) is 3.63. The van der Waals surface area contributed by atoms with Gasteiger partial charge in [-0.3, -0.25) is 0 Å². The van der Waals surface area contributed by atoms with Crippen molar-refractivity contribution in [2.24, 2.45) is 40.9 Å². The van der Waals surface area contributed by atoms with Gasteiger partial charge in [-0.15, -0.1) is 0 Å². The Morgan fingerprint density at radius 3 is 2.71 bits per heavy atom. The molecule has 2 heterocycles. The normalized spacial score (nSPS) is 45.5. The number of ether oxygens (including phenoxy) is 2. The maximum absolute atomic E-state index is 13.5. The molecule has 0 aromatic heterocycles. The lowest BCUT2D eigenvalue weighted by atomic mass is 9.52. The predicted molar refractivity (Wildman–Crippen MR) is 160 cm³/mol. The van der Waals surface area contributed by atoms with Crippen LogP contribution < -0.4 is 0 Å². The van der Waals surface area contributed by atoms with Gasteiger partial charge < -0.3 is 19.5 Å². The van der Waals surface area contributed by atoms with Crippen molar-refractivity contribution in [1.82, 2.24) is 4.90 Å². The predicted octanol–water partition coefficient (Wildman–Crippen LogP) is 7.52. The zero-order chi connectivity index (χ0) is 28.5. The van der Waals surface area contributed by atoms with Crippen molar-refractivity contribution in [1.29, 1.82) is 0 Å². The molecule has 0 unspecified atom stereocenters. The lowest BCUT2D eigenvalue weighted by Gasteiger charge is -2.53. The number of fused-ring (bicyclic) bond motifs is 6. The van der Waals surface area contributed by atoms with Gasteiger partial charge in [-0.25, -0.2) is 4.79 Å². The number of benzene rings is 1. The number of allylic oxidation sites excluding steroid dienone is 1. The van der Waals surface area contributed by atoms with Crippen LogP contribution in [0.4, 0.5) is 4.79 Å². The fraction of sp³-hybridized carbons (Fsp3) is 0.750. The van der Waals surface area contributed by atoms with Crippen LogP contribution in [0, 0.1) is 40.9 Å². The minimum Gasteiger partial charge on any atom is -0.445 e. The van der Waals surface area contributed by atoms with E-state index in [0.29, 0.717) is 29.8 Å². The Labute approximate surface area is 247 Å². The van der Waals surface area contributed by atoms with Gasteiger partial charge in [0.05, 0.1) is 23.9 Å². The zero-order valence-corrected chi connectivity index (χ0v) is 25.7. The molecule has 5 heteroatoms. The number of carbonyl (C=O) groups excluding carboxylic acids is 1. The minimum atomic E-state index is -0.190. The second-order valence-electron chi connectivity index (χ2n) is 15.3. The molecule has 5 fully saturated rings. The van der Waals surface area contributed by atoms with Crippen molar-refractivity contribution in [3.8, 4) is 0 Å². The Bertz CT molecular complexity index is 1180. The Morgan fingerprint density at radius 2 is 1.90 bits per heavy atom. The van der Waals surface area contributed by atoms with E-state index in [1.54, 1.807) is 11.1 Å². The molecule has 1 N–H and O–H groups in total. The topological polar surface area (TPSA) is 59.0 Å². The fourth-order valence-electron chi connectivity index (χ4n) is 11.0. The summed E-state index contributed by atoms with van der Waals surface area (Å²) in [5, 5.41) is 10.4. The first kappa shape index (κ1) is 28.0. The third-order valence-corrected chi connectivity index (χ3v) is 13.2. The third-order valence-electron chi connectivity index (χ3n) is 13.2. The van der Waals surface area contributed by atoms with Gasteiger partial charge >= 0.3 is 6.09 Å². The van der Waals surface area contributed by atoms with Crippen LogP contribution in [0.2, 0.25) is 0 Å². The fourth-order valence-corrected chi connectivity index (χ4v) is 11.0. The van der Waals surface area contributed by atoms with E-state index in [1.807, 2.05) is 35.2 Å². The van der Waals surface area contributed by atoms with Crippen LogP contribution in [0.5, 0.6) is 0 Å². The molecule has 7 rings (SSSR count). The Hall–Kier alpha value is -1.85. The summed E-state index contributed by atoms with van der Waals surface area (Å²) >= 11 is 0. The van der Waals surface area contributed by atoms with Gasteiger partial charge in [0.25, 0.3) is 0 Å². The van der Waals surface area contributed by atoms with Crippen molar-refractivity contribution >= 4 is 6.09 Å². The second-order valence-corrected chi connectivity index (χ2v) is 15.3. The minimum absolute atomic E-state index is 0.0836. The number of hydrogen-bond acceptors (Lipinski definition) is 4. The third kappa shape index (κ3) is 4.60. The first-order chi connectivity index (χ1) is 19.7. The molecule has 3 saturated carbocycles. The van der Waals surface area contributed by atoms with Crippen molar-refractivity contribution < 1.29 is 19.4 Å². The number of piperidine rings is 1. The summed E-state index contributed by atoms with van der Waals surface area (Å²) in [6, 6.07) is 10.1. The highest BCUT2D eigenvalue weighted by Gasteiger charge is 2.60. The van der Waals surface area contributed by atoms with Crippen molar-refractivity contribution in [2.45, 2.75) is 122 Å². The number of rotatable bonds is 2. The first-order valence-corrected chi connectivity index (χ1v) is 16.7. The van der Waals surface area contributed by atoms with Crippen LogP contribution in [0.25, 0.3) is 0 Å². The van der Waals surface area contributed by atoms with E-state index in [1.165, 1.54) is 32.1 Å². The molecule has 1 spiro atoms. The molecule has 6 aliphatic rings. The lowest BCUT2D eigenvalue weighted by Crippen LogP contribution is -2.54. The number of aliphatic hydroxyl groups is 1. The Morgan fingerprint density at radius 1 is 1.10 bits per heavy atom. The molecule has 41 heavy (non-hydrogen) atoms. The van der Waals surface area contributed by atoms with E-state index in [4.69, 9.17) is 9.47 Å². The van der Waals surface area contributed by atoms with Crippen LogP contribution in [0.3, 0.4) is 0 Å². The number of aliphatic hydroxyl groups excluding tert-OH is 1. The van der Waals surface area contributed by atoms with Gasteiger partial charge in [-0.2, -0.15) is 0 Å². The van der Waals surface area contributed by atoms with E-state index >= 15 is 0 Å². The second kappa shape index (κ2) is 10.4. The monoisotopic (exact) mass is 561 g/mol. The number of hydrogen-bond donors (Lipinski definition) is 1. The molecule has 1 aromatic carbocycles. The number of likely N-dealkylation sites (tertiary alicyclic amines) is 1. The lowest BCUT2D eigenvalue weighted by molar-refractivity contribution is -0.0832. The van der Waals surface area contributed by atoms with Crippen LogP contribution in [-0.2, 0) is 16.1 Å². The molecule has 4 aliphatic carbocycles. The van der Waals surface area contributed by atoms with Crippen LogP contribution >= 0.6 is 0 Å². The molecule has 11 atom stereocenters.